The zero-order chi connectivity index (χ0) is 45.3. The molecule has 69 heavy (non-hydrogen) atoms. The van der Waals surface area contributed by atoms with Gasteiger partial charge in [0.2, 0.25) is 0 Å². The predicted octanol–water partition coefficient (Wildman–Crippen LogP) is 16.9. The lowest BCUT2D eigenvalue weighted by Crippen LogP contribution is -2.27. The van der Waals surface area contributed by atoms with E-state index in [4.69, 9.17) is 0 Å². The molecule has 0 aromatic heterocycles. The van der Waals surface area contributed by atoms with Crippen molar-refractivity contribution in [3.8, 4) is 44.5 Å². The van der Waals surface area contributed by atoms with Gasteiger partial charge in [0.1, 0.15) is 0 Å². The highest BCUT2D eigenvalue weighted by Crippen LogP contribution is 2.66. The van der Waals surface area contributed by atoms with Gasteiger partial charge >= 0.3 is 0 Å². The highest BCUT2D eigenvalue weighted by Gasteiger charge is 2.55. The van der Waals surface area contributed by atoms with Crippen molar-refractivity contribution in [3.05, 3.63) is 309 Å². The Balaban J connectivity index is 0.927. The van der Waals surface area contributed by atoms with E-state index in [1.807, 2.05) is 0 Å². The second kappa shape index (κ2) is 14.6. The molecule has 322 valence electrons. The van der Waals surface area contributed by atoms with Crippen LogP contribution in [0.5, 0.6) is 0 Å². The normalized spacial score (nSPS) is 18.0. The van der Waals surface area contributed by atoms with E-state index >= 15 is 0 Å². The van der Waals surface area contributed by atoms with E-state index < -0.39 is 5.41 Å². The average molecular weight is 875 g/mol. The van der Waals surface area contributed by atoms with Crippen LogP contribution in [0.2, 0.25) is 0 Å². The van der Waals surface area contributed by atoms with Gasteiger partial charge in [0.25, 0.3) is 0 Å². The molecule has 0 N–H and O–H groups in total. The standard InChI is InChI=1S/C69H46/c1-2-16-46(17-3-1)47-32-34-48(35-33-47)51(38-44-30-36-57-56-24-10-13-27-62(56)68(65(57)40-44)60-25-11-6-20-52(60)53-21-7-12-26-61(53)68)39-45-31-37-58-59-42-49-18-4-5-19-50(49)43-67(59)69(66(58)41-45)63-28-14-8-22-54(63)55-23-9-15-29-64(55)69/h1-20,22-38,40-43,53H,21,39H2/b51-38-. The molecule has 0 radical (unpaired) electrons. The van der Waals surface area contributed by atoms with Crippen LogP contribution in [-0.4, -0.2) is 0 Å². The molecule has 0 nitrogen and oxygen atoms in total. The third-order valence-electron chi connectivity index (χ3n) is 16.5. The van der Waals surface area contributed by atoms with Crippen molar-refractivity contribution in [2.75, 3.05) is 0 Å². The summed E-state index contributed by atoms with van der Waals surface area (Å²) in [7, 11) is 0. The molecule has 0 heterocycles. The van der Waals surface area contributed by atoms with Crippen molar-refractivity contribution >= 4 is 22.4 Å². The summed E-state index contributed by atoms with van der Waals surface area (Å²) < 4.78 is 0. The summed E-state index contributed by atoms with van der Waals surface area (Å²) in [6, 6.07) is 85.4. The Bertz CT molecular complexity index is 3850. The first-order chi connectivity index (χ1) is 34.2. The Morgan fingerprint density at radius 3 is 1.71 bits per heavy atom. The first kappa shape index (κ1) is 38.8. The van der Waals surface area contributed by atoms with Crippen LogP contribution >= 0.6 is 0 Å². The Labute approximate surface area is 403 Å². The zero-order valence-electron chi connectivity index (χ0n) is 38.2. The van der Waals surface area contributed by atoms with E-state index in [9.17, 15) is 0 Å². The zero-order valence-corrected chi connectivity index (χ0v) is 38.2. The molecular formula is C69H46. The molecule has 5 aliphatic carbocycles. The third-order valence-corrected chi connectivity index (χ3v) is 16.5. The molecule has 0 bridgehead atoms. The first-order valence-electron chi connectivity index (χ1n) is 24.6. The van der Waals surface area contributed by atoms with Crippen molar-refractivity contribution in [1.82, 2.24) is 0 Å². The molecule has 10 aromatic carbocycles. The summed E-state index contributed by atoms with van der Waals surface area (Å²) in [5, 5.41) is 2.56. The van der Waals surface area contributed by atoms with Gasteiger partial charge in [-0.1, -0.05) is 231 Å². The van der Waals surface area contributed by atoms with Crippen LogP contribution < -0.4 is 0 Å². The van der Waals surface area contributed by atoms with Crippen molar-refractivity contribution in [1.29, 1.82) is 0 Å². The summed E-state index contributed by atoms with van der Waals surface area (Å²) in [5.74, 6) is 0.370. The van der Waals surface area contributed by atoms with E-state index in [1.165, 1.54) is 128 Å². The Morgan fingerprint density at radius 1 is 0.420 bits per heavy atom. The van der Waals surface area contributed by atoms with Gasteiger partial charge in [0.15, 0.2) is 0 Å². The SMILES string of the molecule is C1=CCC2C(=C1)C1(c3ccccc3-c3ccc(/C=C(/Cc4ccc5c(c4)C4(c6ccccc6-c6ccccc64)c4cc6ccccc6cc4-5)c4ccc(-c5ccccc5)cc4)cc31)c1ccccc12. The predicted molar refractivity (Wildman–Crippen MR) is 286 cm³/mol. The Hall–Kier alpha value is -8.32. The van der Waals surface area contributed by atoms with E-state index in [-0.39, 0.29) is 5.41 Å². The summed E-state index contributed by atoms with van der Waals surface area (Å²) >= 11 is 0. The van der Waals surface area contributed by atoms with E-state index in [2.05, 4.69) is 249 Å². The fourth-order valence-electron chi connectivity index (χ4n) is 13.7. The maximum atomic E-state index is 2.57. The van der Waals surface area contributed by atoms with Crippen LogP contribution in [0, 0.1) is 0 Å². The third kappa shape index (κ3) is 5.29. The van der Waals surface area contributed by atoms with Crippen LogP contribution in [0.25, 0.3) is 66.9 Å². The van der Waals surface area contributed by atoms with Gasteiger partial charge in [-0.3, -0.25) is 0 Å². The first-order valence-corrected chi connectivity index (χ1v) is 24.6. The molecule has 15 rings (SSSR count). The smallest absolute Gasteiger partial charge is 0.0725 e. The second-order valence-electron chi connectivity index (χ2n) is 19.8. The van der Waals surface area contributed by atoms with Crippen molar-refractivity contribution in [2.24, 2.45) is 0 Å². The number of rotatable bonds is 5. The molecular weight excluding hydrogens is 829 g/mol. The van der Waals surface area contributed by atoms with Crippen LogP contribution in [0.15, 0.2) is 248 Å². The Kier molecular flexibility index (Phi) is 8.19. The van der Waals surface area contributed by atoms with Crippen LogP contribution in [0.1, 0.15) is 73.5 Å². The number of fused-ring (bicyclic) bond motifs is 21. The second-order valence-corrected chi connectivity index (χ2v) is 19.8. The van der Waals surface area contributed by atoms with Gasteiger partial charge in [-0.2, -0.15) is 0 Å². The van der Waals surface area contributed by atoms with Gasteiger partial charge in [-0.25, -0.2) is 0 Å². The number of hydrogen-bond donors (Lipinski definition) is 0. The van der Waals surface area contributed by atoms with Crippen LogP contribution in [0.4, 0.5) is 0 Å². The molecule has 2 unspecified atom stereocenters. The minimum Gasteiger partial charge on any atom is -0.0836 e. The fourth-order valence-corrected chi connectivity index (χ4v) is 13.7. The molecule has 0 heteroatoms. The van der Waals surface area contributed by atoms with Crippen molar-refractivity contribution < 1.29 is 0 Å². The number of benzene rings is 10. The molecule has 0 aliphatic heterocycles. The molecule has 2 spiro atoms. The molecule has 0 fully saturated rings. The summed E-state index contributed by atoms with van der Waals surface area (Å²) in [6.45, 7) is 0. The summed E-state index contributed by atoms with van der Waals surface area (Å²) in [5.41, 5.74) is 27.5. The van der Waals surface area contributed by atoms with Crippen molar-refractivity contribution in [3.63, 3.8) is 0 Å². The largest absolute Gasteiger partial charge is 0.0836 e. The highest BCUT2D eigenvalue weighted by atomic mass is 14.6. The lowest BCUT2D eigenvalue weighted by atomic mass is 9.68. The highest BCUT2D eigenvalue weighted by molar-refractivity contribution is 6.00. The lowest BCUT2D eigenvalue weighted by molar-refractivity contribution is 0.707. The maximum Gasteiger partial charge on any atom is 0.0725 e. The van der Waals surface area contributed by atoms with Gasteiger partial charge in [0, 0.05) is 5.92 Å². The maximum absolute atomic E-state index is 2.57. The van der Waals surface area contributed by atoms with Gasteiger partial charge in [0.05, 0.1) is 10.8 Å². The van der Waals surface area contributed by atoms with Gasteiger partial charge in [-0.05, 0) is 159 Å². The number of hydrogen-bond acceptors (Lipinski definition) is 0. The van der Waals surface area contributed by atoms with E-state index in [0.717, 1.165) is 12.8 Å². The van der Waals surface area contributed by atoms with Gasteiger partial charge in [-0.15, -0.1) is 0 Å². The topological polar surface area (TPSA) is 0 Å². The van der Waals surface area contributed by atoms with Crippen LogP contribution in [-0.2, 0) is 17.3 Å². The molecule has 2 atom stereocenters. The van der Waals surface area contributed by atoms with E-state index in [0.29, 0.717) is 5.92 Å². The molecule has 0 saturated heterocycles. The molecule has 0 saturated carbocycles. The van der Waals surface area contributed by atoms with Crippen molar-refractivity contribution in [2.45, 2.75) is 29.6 Å². The minimum atomic E-state index is -0.430. The lowest BCUT2D eigenvalue weighted by Gasteiger charge is -2.33. The van der Waals surface area contributed by atoms with E-state index in [1.54, 1.807) is 0 Å². The Morgan fingerprint density at radius 2 is 0.971 bits per heavy atom. The monoisotopic (exact) mass is 874 g/mol. The summed E-state index contributed by atoms with van der Waals surface area (Å²) in [6.07, 6.45) is 11.4. The molecule has 5 aliphatic rings. The van der Waals surface area contributed by atoms with Gasteiger partial charge < -0.3 is 0 Å². The minimum absolute atomic E-state index is 0.332. The quantitative estimate of drug-likeness (QED) is 0.151. The molecule has 0 amide bonds. The molecule has 10 aromatic rings. The number of allylic oxidation sites excluding steroid dienone is 5. The fraction of sp³-hybridized carbons (Fsp3) is 0.0725. The average Bonchev–Trinajstić information content (AvgIpc) is 4.09. The van der Waals surface area contributed by atoms with Crippen LogP contribution in [0.3, 0.4) is 0 Å². The summed E-state index contributed by atoms with van der Waals surface area (Å²) in [4.78, 5) is 0.